The Morgan fingerprint density at radius 3 is 2.44 bits per heavy atom. The summed E-state index contributed by atoms with van der Waals surface area (Å²) in [5, 5.41) is 4.95. The molecule has 4 heterocycles. The summed E-state index contributed by atoms with van der Waals surface area (Å²) >= 11 is 1.84. The monoisotopic (exact) mass is 580 g/mol. The predicted molar refractivity (Wildman–Crippen MR) is 181 cm³/mol. The molecule has 0 saturated heterocycles. The minimum Gasteiger partial charge on any atom is -0.457 e. The van der Waals surface area contributed by atoms with E-state index in [-0.39, 0.29) is 5.41 Å². The van der Waals surface area contributed by atoms with Crippen LogP contribution in [0.2, 0.25) is 0 Å². The predicted octanol–water partition coefficient (Wildman–Crippen LogP) is 9.82. The highest BCUT2D eigenvalue weighted by molar-refractivity contribution is 7.26. The van der Waals surface area contributed by atoms with Crippen molar-refractivity contribution in [1.29, 1.82) is 0 Å². The van der Waals surface area contributed by atoms with Gasteiger partial charge in [-0.2, -0.15) is 0 Å². The molecule has 0 fully saturated rings. The molecule has 3 aromatic heterocycles. The van der Waals surface area contributed by atoms with Crippen molar-refractivity contribution < 1.29 is 4.74 Å². The van der Waals surface area contributed by atoms with Crippen LogP contribution < -0.4 is 9.64 Å². The molecule has 43 heavy (non-hydrogen) atoms. The van der Waals surface area contributed by atoms with Crippen molar-refractivity contribution in [3.8, 4) is 17.3 Å². The number of anilines is 1. The summed E-state index contributed by atoms with van der Waals surface area (Å²) in [4.78, 5) is 9.31. The van der Waals surface area contributed by atoms with Crippen LogP contribution in [0.15, 0.2) is 110 Å². The zero-order valence-corrected chi connectivity index (χ0v) is 25.5. The number of thiophene rings is 1. The average Bonchev–Trinajstić information content (AvgIpc) is 3.70. The minimum atomic E-state index is -0.000522. The number of hydrogen-bond donors (Lipinski definition) is 0. The number of hydrogen-bond acceptors (Lipinski definition) is 5. The Balaban J connectivity index is 1.35. The van der Waals surface area contributed by atoms with E-state index in [1.54, 1.807) is 0 Å². The van der Waals surface area contributed by atoms with Gasteiger partial charge in [-0.1, -0.05) is 51.1 Å². The SMILES string of the molecule is CN1C=CN(c2cccc(Oc3ccc4c5ccc6sc7ccccc7c6c5n(-c5cc(C(C)(C)C)ccn5)c4c3)c2)C1. The number of benzene rings is 4. The summed E-state index contributed by atoms with van der Waals surface area (Å²) in [5.41, 5.74) is 4.62. The molecule has 8 rings (SSSR count). The van der Waals surface area contributed by atoms with Gasteiger partial charge < -0.3 is 14.5 Å². The molecule has 0 amide bonds. The Hall–Kier alpha value is -4.81. The third-order valence-electron chi connectivity index (χ3n) is 8.34. The number of nitrogens with zero attached hydrogens (tertiary/aromatic N) is 4. The zero-order valence-electron chi connectivity index (χ0n) is 24.7. The van der Waals surface area contributed by atoms with Crippen LogP contribution in [-0.4, -0.2) is 28.2 Å². The molecule has 0 unspecified atom stereocenters. The molecule has 0 atom stereocenters. The third-order valence-corrected chi connectivity index (χ3v) is 9.48. The lowest BCUT2D eigenvalue weighted by molar-refractivity contribution is 0.481. The standard InChI is InChI=1S/C37H32N4OS/c1-37(2,3)24-16-17-38-34(20-24)41-31-22-27(42-26-9-7-8-25(21-26)40-19-18-39(4)23-40)12-13-28(31)29-14-15-33-35(36(29)41)30-10-5-6-11-32(30)43-33/h5-22H,23H2,1-4H3. The van der Waals surface area contributed by atoms with E-state index in [2.05, 4.69) is 133 Å². The molecule has 0 N–H and O–H groups in total. The Morgan fingerprint density at radius 2 is 1.60 bits per heavy atom. The lowest BCUT2D eigenvalue weighted by Crippen LogP contribution is -2.21. The molecule has 0 saturated carbocycles. The van der Waals surface area contributed by atoms with Gasteiger partial charge in [0.05, 0.1) is 17.7 Å². The van der Waals surface area contributed by atoms with Crippen molar-refractivity contribution in [2.45, 2.75) is 26.2 Å². The van der Waals surface area contributed by atoms with Crippen molar-refractivity contribution in [2.75, 3.05) is 18.6 Å². The highest BCUT2D eigenvalue weighted by Crippen LogP contribution is 2.44. The van der Waals surface area contributed by atoms with Crippen LogP contribution in [0.5, 0.6) is 11.5 Å². The van der Waals surface area contributed by atoms with Crippen molar-refractivity contribution >= 4 is 59.0 Å². The maximum Gasteiger partial charge on any atom is 0.137 e. The Bertz CT molecular complexity index is 2220. The van der Waals surface area contributed by atoms with Gasteiger partial charge in [0.2, 0.25) is 0 Å². The van der Waals surface area contributed by atoms with Gasteiger partial charge in [-0.3, -0.25) is 4.57 Å². The number of rotatable bonds is 4. The third kappa shape index (κ3) is 4.33. The first kappa shape index (κ1) is 25.9. The highest BCUT2D eigenvalue weighted by Gasteiger charge is 2.21. The van der Waals surface area contributed by atoms with E-state index in [1.165, 1.54) is 42.0 Å². The first-order valence-electron chi connectivity index (χ1n) is 14.6. The first-order valence-corrected chi connectivity index (χ1v) is 15.4. The summed E-state index contributed by atoms with van der Waals surface area (Å²) in [6.07, 6.45) is 6.11. The molecule has 4 aromatic carbocycles. The van der Waals surface area contributed by atoms with E-state index in [0.717, 1.165) is 35.2 Å². The van der Waals surface area contributed by atoms with E-state index in [1.807, 2.05) is 29.7 Å². The van der Waals surface area contributed by atoms with Gasteiger partial charge in [-0.05, 0) is 59.5 Å². The van der Waals surface area contributed by atoms with Crippen molar-refractivity contribution in [3.63, 3.8) is 0 Å². The second kappa shape index (κ2) is 9.61. The fourth-order valence-corrected chi connectivity index (χ4v) is 7.27. The lowest BCUT2D eigenvalue weighted by atomic mass is 9.88. The van der Waals surface area contributed by atoms with Crippen molar-refractivity contribution in [3.05, 3.63) is 115 Å². The molecule has 1 aliphatic rings. The van der Waals surface area contributed by atoms with Gasteiger partial charge in [0.1, 0.15) is 17.3 Å². The van der Waals surface area contributed by atoms with Crippen molar-refractivity contribution in [2.24, 2.45) is 0 Å². The number of fused-ring (bicyclic) bond motifs is 7. The lowest BCUT2D eigenvalue weighted by Gasteiger charge is -2.20. The molecule has 7 aromatic rings. The van der Waals surface area contributed by atoms with Crippen LogP contribution in [-0.2, 0) is 5.41 Å². The summed E-state index contributed by atoms with van der Waals surface area (Å²) < 4.78 is 11.4. The van der Waals surface area contributed by atoms with E-state index in [0.29, 0.717) is 0 Å². The fourth-order valence-electron chi connectivity index (χ4n) is 6.16. The van der Waals surface area contributed by atoms with Crippen LogP contribution in [0.25, 0.3) is 47.8 Å². The van der Waals surface area contributed by atoms with Gasteiger partial charge in [-0.25, -0.2) is 4.98 Å². The summed E-state index contributed by atoms with van der Waals surface area (Å²) in [7, 11) is 2.07. The molecule has 5 nitrogen and oxygen atoms in total. The van der Waals surface area contributed by atoms with Crippen LogP contribution in [0.3, 0.4) is 0 Å². The number of pyridine rings is 1. The highest BCUT2D eigenvalue weighted by atomic mass is 32.1. The Morgan fingerprint density at radius 1 is 0.767 bits per heavy atom. The van der Waals surface area contributed by atoms with E-state index < -0.39 is 0 Å². The minimum absolute atomic E-state index is 0.000522. The normalized spacial score (nSPS) is 13.8. The summed E-state index contributed by atoms with van der Waals surface area (Å²) in [6, 6.07) is 32.3. The molecule has 0 aliphatic carbocycles. The van der Waals surface area contributed by atoms with Gasteiger partial charge in [0.15, 0.2) is 0 Å². The molecule has 1 aliphatic heterocycles. The van der Waals surface area contributed by atoms with E-state index >= 15 is 0 Å². The molecule has 0 bridgehead atoms. The Labute approximate surface area is 254 Å². The maximum absolute atomic E-state index is 6.53. The Kier molecular flexibility index (Phi) is 5.78. The van der Waals surface area contributed by atoms with Crippen LogP contribution in [0, 0.1) is 0 Å². The van der Waals surface area contributed by atoms with Crippen LogP contribution in [0.1, 0.15) is 26.3 Å². The molecule has 212 valence electrons. The van der Waals surface area contributed by atoms with Gasteiger partial charge >= 0.3 is 0 Å². The zero-order chi connectivity index (χ0) is 29.3. The molecule has 0 spiro atoms. The van der Waals surface area contributed by atoms with Gasteiger partial charge in [-0.15, -0.1) is 11.3 Å². The quantitative estimate of drug-likeness (QED) is 0.207. The maximum atomic E-state index is 6.53. The summed E-state index contributed by atoms with van der Waals surface area (Å²) in [6.45, 7) is 7.57. The summed E-state index contributed by atoms with van der Waals surface area (Å²) in [5.74, 6) is 2.52. The largest absolute Gasteiger partial charge is 0.457 e. The number of aromatic nitrogens is 2. The smallest absolute Gasteiger partial charge is 0.137 e. The second-order valence-electron chi connectivity index (χ2n) is 12.4. The second-order valence-corrected chi connectivity index (χ2v) is 13.4. The first-order chi connectivity index (χ1) is 20.8. The molecule has 6 heteroatoms. The van der Waals surface area contributed by atoms with Crippen molar-refractivity contribution in [1.82, 2.24) is 14.5 Å². The van der Waals surface area contributed by atoms with E-state index in [4.69, 9.17) is 9.72 Å². The van der Waals surface area contributed by atoms with E-state index in [9.17, 15) is 0 Å². The van der Waals surface area contributed by atoms with Gasteiger partial charge in [0.25, 0.3) is 0 Å². The molecule has 0 radical (unpaired) electrons. The van der Waals surface area contributed by atoms with Gasteiger partial charge in [0, 0.05) is 74.4 Å². The van der Waals surface area contributed by atoms with Crippen LogP contribution in [0.4, 0.5) is 5.69 Å². The average molecular weight is 581 g/mol. The topological polar surface area (TPSA) is 33.5 Å². The number of ether oxygens (including phenoxy) is 1. The molecular formula is C37H32N4OS. The molecular weight excluding hydrogens is 549 g/mol. The fraction of sp³-hybridized carbons (Fsp3) is 0.162. The van der Waals surface area contributed by atoms with Crippen LogP contribution >= 0.6 is 11.3 Å².